The Hall–Kier alpha value is -1.77. The second kappa shape index (κ2) is 4.46. The molecular weight excluding hydrogens is 180 g/mol. The van der Waals surface area contributed by atoms with E-state index >= 15 is 0 Å². The van der Waals surface area contributed by atoms with E-state index in [2.05, 4.69) is 0 Å². The van der Waals surface area contributed by atoms with E-state index in [1.165, 1.54) is 6.92 Å². The molecule has 3 nitrogen and oxygen atoms in total. The molecule has 0 saturated carbocycles. The third-order valence-electron chi connectivity index (χ3n) is 1.93. The molecule has 0 atom stereocenters. The van der Waals surface area contributed by atoms with Crippen LogP contribution in [0.2, 0.25) is 0 Å². The quantitative estimate of drug-likeness (QED) is 0.529. The molecule has 1 aromatic rings. The van der Waals surface area contributed by atoms with Crippen LogP contribution in [0.3, 0.4) is 0 Å². The van der Waals surface area contributed by atoms with E-state index in [1.807, 2.05) is 0 Å². The zero-order valence-corrected chi connectivity index (χ0v) is 7.82. The van der Waals surface area contributed by atoms with Crippen LogP contribution in [-0.4, -0.2) is 17.9 Å². The van der Waals surface area contributed by atoms with Gasteiger partial charge in [0.1, 0.15) is 6.29 Å². The smallest absolute Gasteiger partial charge is 0.202 e. The maximum absolute atomic E-state index is 11.1. The molecule has 0 unspecified atom stereocenters. The zero-order valence-electron chi connectivity index (χ0n) is 7.82. The first-order valence-corrected chi connectivity index (χ1v) is 4.22. The minimum atomic E-state index is -0.481. The van der Waals surface area contributed by atoms with E-state index in [4.69, 9.17) is 0 Å². The molecule has 1 rings (SSSR count). The highest BCUT2D eigenvalue weighted by atomic mass is 16.2. The molecule has 0 aliphatic carbocycles. The first kappa shape index (κ1) is 10.3. The first-order valence-electron chi connectivity index (χ1n) is 4.22. The summed E-state index contributed by atoms with van der Waals surface area (Å²) in [5, 5.41) is 0. The number of Topliss-reactive ketones (excluding diaryl/α,β-unsaturated/α-hetero) is 2. The average Bonchev–Trinajstić information content (AvgIpc) is 2.18. The van der Waals surface area contributed by atoms with Gasteiger partial charge in [-0.2, -0.15) is 0 Å². The monoisotopic (exact) mass is 190 g/mol. The zero-order chi connectivity index (χ0) is 10.6. The molecule has 0 aliphatic rings. The van der Waals surface area contributed by atoms with Crippen LogP contribution in [0.25, 0.3) is 0 Å². The first-order chi connectivity index (χ1) is 6.65. The van der Waals surface area contributed by atoms with Gasteiger partial charge in [-0.15, -0.1) is 0 Å². The maximum Gasteiger partial charge on any atom is 0.202 e. The Bertz CT molecular complexity index is 380. The van der Waals surface area contributed by atoms with E-state index < -0.39 is 11.6 Å². The molecule has 0 aliphatic heterocycles. The van der Waals surface area contributed by atoms with Crippen LogP contribution in [0.4, 0.5) is 0 Å². The fourth-order valence-corrected chi connectivity index (χ4v) is 1.11. The molecule has 0 N–H and O–H groups in total. The fourth-order valence-electron chi connectivity index (χ4n) is 1.11. The number of benzene rings is 1. The third-order valence-corrected chi connectivity index (χ3v) is 1.93. The van der Waals surface area contributed by atoms with Crippen LogP contribution in [0, 0.1) is 0 Å². The summed E-state index contributed by atoms with van der Waals surface area (Å²) in [5.41, 5.74) is 1.06. The molecule has 72 valence electrons. The summed E-state index contributed by atoms with van der Waals surface area (Å²) in [6, 6.07) is 6.74. The summed E-state index contributed by atoms with van der Waals surface area (Å²) in [7, 11) is 0. The van der Waals surface area contributed by atoms with E-state index in [-0.39, 0.29) is 6.42 Å². The molecule has 0 bridgehead atoms. The van der Waals surface area contributed by atoms with Crippen molar-refractivity contribution in [3.8, 4) is 0 Å². The number of aldehydes is 1. The van der Waals surface area contributed by atoms with Crippen LogP contribution < -0.4 is 0 Å². The number of hydrogen-bond acceptors (Lipinski definition) is 3. The predicted octanol–water partition coefficient (Wildman–Crippen LogP) is 1.20. The van der Waals surface area contributed by atoms with Gasteiger partial charge >= 0.3 is 0 Å². The van der Waals surface area contributed by atoms with Gasteiger partial charge in [-0.25, -0.2) is 0 Å². The van der Waals surface area contributed by atoms with Crippen molar-refractivity contribution in [1.82, 2.24) is 0 Å². The van der Waals surface area contributed by atoms with Crippen molar-refractivity contribution in [3.63, 3.8) is 0 Å². The normalized spacial score (nSPS) is 9.50. The molecule has 0 aromatic heterocycles. The number of carbonyl (C=O) groups is 3. The van der Waals surface area contributed by atoms with Crippen molar-refractivity contribution in [2.75, 3.05) is 0 Å². The van der Waals surface area contributed by atoms with Gasteiger partial charge in [-0.05, 0) is 5.56 Å². The Morgan fingerprint density at radius 3 is 2.50 bits per heavy atom. The Balaban J connectivity index is 2.91. The lowest BCUT2D eigenvalue weighted by molar-refractivity contribution is -0.134. The Kier molecular flexibility index (Phi) is 3.29. The largest absolute Gasteiger partial charge is 0.298 e. The van der Waals surface area contributed by atoms with E-state index in [1.54, 1.807) is 24.3 Å². The van der Waals surface area contributed by atoms with Gasteiger partial charge in [0.25, 0.3) is 0 Å². The molecule has 0 saturated heterocycles. The van der Waals surface area contributed by atoms with Crippen LogP contribution >= 0.6 is 0 Å². The third kappa shape index (κ3) is 2.36. The van der Waals surface area contributed by atoms with Gasteiger partial charge in [0.05, 0.1) is 0 Å². The second-order valence-corrected chi connectivity index (χ2v) is 2.97. The highest BCUT2D eigenvalue weighted by Gasteiger charge is 2.10. The fraction of sp³-hybridized carbons (Fsp3) is 0.182. The van der Waals surface area contributed by atoms with Gasteiger partial charge in [-0.3, -0.25) is 14.4 Å². The summed E-state index contributed by atoms with van der Waals surface area (Å²) in [6.45, 7) is 1.23. The van der Waals surface area contributed by atoms with Crippen LogP contribution in [0.5, 0.6) is 0 Å². The Morgan fingerprint density at radius 1 is 1.29 bits per heavy atom. The lowest BCUT2D eigenvalue weighted by Crippen LogP contribution is -2.13. The molecular formula is C11H10O3. The Labute approximate surface area is 81.7 Å². The predicted molar refractivity (Wildman–Crippen MR) is 51.2 cm³/mol. The van der Waals surface area contributed by atoms with Crippen molar-refractivity contribution in [2.24, 2.45) is 0 Å². The van der Waals surface area contributed by atoms with Crippen molar-refractivity contribution >= 4 is 17.9 Å². The summed E-state index contributed by atoms with van der Waals surface area (Å²) in [4.78, 5) is 32.4. The lowest BCUT2D eigenvalue weighted by Gasteiger charge is -2.01. The molecule has 0 fully saturated rings. The lowest BCUT2D eigenvalue weighted by atomic mass is 10.0. The second-order valence-electron chi connectivity index (χ2n) is 2.97. The number of rotatable bonds is 4. The van der Waals surface area contributed by atoms with E-state index in [0.29, 0.717) is 17.4 Å². The van der Waals surface area contributed by atoms with Gasteiger partial charge in [0.2, 0.25) is 5.78 Å². The van der Waals surface area contributed by atoms with Crippen molar-refractivity contribution in [1.29, 1.82) is 0 Å². The number of ketones is 2. The van der Waals surface area contributed by atoms with Gasteiger partial charge in [0, 0.05) is 18.9 Å². The molecule has 0 amide bonds. The van der Waals surface area contributed by atoms with E-state index in [9.17, 15) is 14.4 Å². The summed E-state index contributed by atoms with van der Waals surface area (Å²) in [5.74, 6) is -0.954. The maximum atomic E-state index is 11.1. The minimum absolute atomic E-state index is 0.00421. The van der Waals surface area contributed by atoms with Crippen molar-refractivity contribution < 1.29 is 14.4 Å². The Morgan fingerprint density at radius 2 is 1.93 bits per heavy atom. The molecule has 0 heterocycles. The molecule has 14 heavy (non-hydrogen) atoms. The van der Waals surface area contributed by atoms with Crippen molar-refractivity contribution in [3.05, 3.63) is 35.4 Å². The topological polar surface area (TPSA) is 51.2 Å². The summed E-state index contributed by atoms with van der Waals surface area (Å²) < 4.78 is 0. The van der Waals surface area contributed by atoms with Crippen molar-refractivity contribution in [2.45, 2.75) is 13.3 Å². The average molecular weight is 190 g/mol. The van der Waals surface area contributed by atoms with Crippen LogP contribution in [-0.2, 0) is 16.0 Å². The highest BCUT2D eigenvalue weighted by molar-refractivity contribution is 6.36. The molecule has 1 aromatic carbocycles. The van der Waals surface area contributed by atoms with Gasteiger partial charge < -0.3 is 0 Å². The van der Waals surface area contributed by atoms with Gasteiger partial charge in [0.15, 0.2) is 5.78 Å². The summed E-state index contributed by atoms with van der Waals surface area (Å²) >= 11 is 0. The number of hydrogen-bond donors (Lipinski definition) is 0. The minimum Gasteiger partial charge on any atom is -0.298 e. The number of carbonyl (C=O) groups excluding carboxylic acids is 3. The highest BCUT2D eigenvalue weighted by Crippen LogP contribution is 2.07. The standard InChI is InChI=1S/C11H10O3/c1-8(13)11(14)6-9-4-2-3-5-10(9)7-12/h2-5,7H,6H2,1H3. The van der Waals surface area contributed by atoms with Gasteiger partial charge in [-0.1, -0.05) is 24.3 Å². The molecule has 3 heteroatoms. The molecule has 0 spiro atoms. The SMILES string of the molecule is CC(=O)C(=O)Cc1ccccc1C=O. The van der Waals surface area contributed by atoms with Crippen LogP contribution in [0.15, 0.2) is 24.3 Å². The molecule has 0 radical (unpaired) electrons. The van der Waals surface area contributed by atoms with E-state index in [0.717, 1.165) is 0 Å². The summed E-state index contributed by atoms with van der Waals surface area (Å²) in [6.07, 6.45) is 0.687. The van der Waals surface area contributed by atoms with Crippen LogP contribution in [0.1, 0.15) is 22.8 Å².